The van der Waals surface area contributed by atoms with Gasteiger partial charge in [-0.3, -0.25) is 14.9 Å². The number of benzene rings is 1. The summed E-state index contributed by atoms with van der Waals surface area (Å²) < 4.78 is 6.89. The van der Waals surface area contributed by atoms with Gasteiger partial charge in [0.15, 0.2) is 0 Å². The number of aryl methyl sites for hydroxylation is 1. The van der Waals surface area contributed by atoms with Gasteiger partial charge in [-0.05, 0) is 57.4 Å². The Kier molecular flexibility index (Phi) is 6.44. The van der Waals surface area contributed by atoms with Gasteiger partial charge in [0, 0.05) is 11.6 Å². The fraction of sp³-hybridized carbons (Fsp3) is 0.462. The van der Waals surface area contributed by atoms with E-state index in [-0.39, 0.29) is 23.7 Å². The van der Waals surface area contributed by atoms with Crippen LogP contribution < -0.4 is 16.8 Å². The molecule has 5 N–H and O–H groups in total. The van der Waals surface area contributed by atoms with E-state index in [0.717, 1.165) is 24.1 Å². The van der Waals surface area contributed by atoms with Gasteiger partial charge in [-0.15, -0.1) is 0 Å². The van der Waals surface area contributed by atoms with Crippen LogP contribution in [0.2, 0.25) is 0 Å². The molecule has 1 saturated carbocycles. The third kappa shape index (κ3) is 5.39. The Morgan fingerprint density at radius 1 is 1.20 bits per heavy atom. The average Bonchev–Trinajstić information content (AvgIpc) is 3.35. The number of nitrogen functional groups attached to an aromatic ring is 1. The maximum absolute atomic E-state index is 12.5. The van der Waals surface area contributed by atoms with E-state index in [9.17, 15) is 9.59 Å². The van der Waals surface area contributed by atoms with Gasteiger partial charge in [0.2, 0.25) is 11.8 Å². The highest BCUT2D eigenvalue weighted by molar-refractivity contribution is 6.03. The summed E-state index contributed by atoms with van der Waals surface area (Å²) >= 11 is 0. The highest BCUT2D eigenvalue weighted by Gasteiger charge is 2.31. The molecule has 2 aromatic heterocycles. The Balaban J connectivity index is 1.40. The standard InChI is InChI=1S/C26H34N6O3/c1-25(2,3)32-23(27)21(24(28)34)22(30-32)17-8-6-16(7-9-17)14-19(33)29-20-15-18(31-35-20)10-13-26(4)11-5-12-26/h6-9,15H,5,10-14,27H2,1-4H3,(H2,28,34)(H,29,33). The molecule has 35 heavy (non-hydrogen) atoms. The monoisotopic (exact) mass is 478 g/mol. The molecule has 0 radical (unpaired) electrons. The Morgan fingerprint density at radius 3 is 2.46 bits per heavy atom. The van der Waals surface area contributed by atoms with E-state index < -0.39 is 11.4 Å². The molecule has 0 spiro atoms. The van der Waals surface area contributed by atoms with E-state index >= 15 is 0 Å². The van der Waals surface area contributed by atoms with Crippen LogP contribution in [-0.4, -0.2) is 26.8 Å². The van der Waals surface area contributed by atoms with Crippen molar-refractivity contribution in [2.24, 2.45) is 11.1 Å². The van der Waals surface area contributed by atoms with Crippen molar-refractivity contribution in [3.8, 4) is 11.3 Å². The van der Waals surface area contributed by atoms with E-state index in [4.69, 9.17) is 16.0 Å². The van der Waals surface area contributed by atoms with Crippen molar-refractivity contribution in [2.45, 2.75) is 71.8 Å². The zero-order valence-corrected chi connectivity index (χ0v) is 20.9. The first-order valence-corrected chi connectivity index (χ1v) is 12.0. The maximum atomic E-state index is 12.5. The van der Waals surface area contributed by atoms with Crippen LogP contribution >= 0.6 is 0 Å². The number of nitrogens with one attached hydrogen (secondary N) is 1. The third-order valence-corrected chi connectivity index (χ3v) is 6.76. The maximum Gasteiger partial charge on any atom is 0.254 e. The number of carbonyl (C=O) groups is 2. The lowest BCUT2D eigenvalue weighted by molar-refractivity contribution is -0.115. The first kappa shape index (κ1) is 24.5. The number of hydrogen-bond donors (Lipinski definition) is 3. The number of rotatable bonds is 8. The highest BCUT2D eigenvalue weighted by Crippen LogP contribution is 2.44. The minimum absolute atomic E-state index is 0.162. The summed E-state index contributed by atoms with van der Waals surface area (Å²) in [6.07, 6.45) is 5.93. The summed E-state index contributed by atoms with van der Waals surface area (Å²) in [5, 5.41) is 11.4. The summed E-state index contributed by atoms with van der Waals surface area (Å²) in [5.74, 6) is -0.249. The van der Waals surface area contributed by atoms with Crippen LogP contribution in [0.3, 0.4) is 0 Å². The van der Waals surface area contributed by atoms with Crippen LogP contribution in [0.15, 0.2) is 34.9 Å². The number of hydrogen-bond acceptors (Lipinski definition) is 6. The SMILES string of the molecule is CC1(CCc2cc(NC(=O)Cc3ccc(-c4nn(C(C)(C)C)c(N)c4C(N)=O)cc3)on2)CCC1. The van der Waals surface area contributed by atoms with E-state index in [1.807, 2.05) is 32.9 Å². The molecule has 4 rings (SSSR count). The lowest BCUT2D eigenvalue weighted by Gasteiger charge is -2.38. The Morgan fingerprint density at radius 2 is 1.89 bits per heavy atom. The van der Waals surface area contributed by atoms with E-state index in [1.165, 1.54) is 19.3 Å². The molecule has 0 unspecified atom stereocenters. The fourth-order valence-corrected chi connectivity index (χ4v) is 4.48. The summed E-state index contributed by atoms with van der Waals surface area (Å²) in [6.45, 7) is 8.14. The molecule has 2 amide bonds. The predicted octanol–water partition coefficient (Wildman–Crippen LogP) is 4.28. The number of primary amides is 1. The van der Waals surface area contributed by atoms with Crippen LogP contribution in [0.25, 0.3) is 11.3 Å². The van der Waals surface area contributed by atoms with Crippen LogP contribution in [0.1, 0.15) is 75.0 Å². The molecule has 186 valence electrons. The summed E-state index contributed by atoms with van der Waals surface area (Å²) in [6, 6.07) is 9.04. The van der Waals surface area contributed by atoms with Gasteiger partial charge in [0.25, 0.3) is 5.91 Å². The van der Waals surface area contributed by atoms with Crippen LogP contribution in [0, 0.1) is 5.41 Å². The van der Waals surface area contributed by atoms with Crippen molar-refractivity contribution in [3.63, 3.8) is 0 Å². The molecular formula is C26H34N6O3. The molecule has 1 aliphatic carbocycles. The molecule has 1 aromatic carbocycles. The third-order valence-electron chi connectivity index (χ3n) is 6.76. The molecule has 1 aliphatic rings. The van der Waals surface area contributed by atoms with Gasteiger partial charge >= 0.3 is 0 Å². The molecule has 2 heterocycles. The number of nitrogens with zero attached hydrogens (tertiary/aromatic N) is 3. The van der Waals surface area contributed by atoms with Gasteiger partial charge < -0.3 is 16.0 Å². The summed E-state index contributed by atoms with van der Waals surface area (Å²) in [7, 11) is 0. The number of amides is 2. The quantitative estimate of drug-likeness (QED) is 0.441. The molecule has 1 fully saturated rings. The van der Waals surface area contributed by atoms with Gasteiger partial charge in [-0.2, -0.15) is 5.10 Å². The molecule has 9 nitrogen and oxygen atoms in total. The largest absolute Gasteiger partial charge is 0.383 e. The van der Waals surface area contributed by atoms with Gasteiger partial charge in [-0.25, -0.2) is 4.68 Å². The van der Waals surface area contributed by atoms with Crippen molar-refractivity contribution >= 4 is 23.5 Å². The fourth-order valence-electron chi connectivity index (χ4n) is 4.48. The van der Waals surface area contributed by atoms with Gasteiger partial charge in [-0.1, -0.05) is 42.8 Å². The van der Waals surface area contributed by atoms with Crippen LogP contribution in [0.4, 0.5) is 11.7 Å². The highest BCUT2D eigenvalue weighted by atomic mass is 16.5. The van der Waals surface area contributed by atoms with Crippen molar-refractivity contribution < 1.29 is 14.1 Å². The van der Waals surface area contributed by atoms with Crippen LogP contribution in [0.5, 0.6) is 0 Å². The van der Waals surface area contributed by atoms with Crippen molar-refractivity contribution in [3.05, 3.63) is 47.2 Å². The first-order chi connectivity index (χ1) is 16.4. The predicted molar refractivity (Wildman–Crippen MR) is 135 cm³/mol. The van der Waals surface area contributed by atoms with Crippen LogP contribution in [-0.2, 0) is 23.2 Å². The lowest BCUT2D eigenvalue weighted by atomic mass is 9.67. The zero-order chi connectivity index (χ0) is 25.4. The second-order valence-electron chi connectivity index (χ2n) is 10.8. The Bertz CT molecular complexity index is 1230. The van der Waals surface area contributed by atoms with Gasteiger partial charge in [0.1, 0.15) is 17.1 Å². The second-order valence-corrected chi connectivity index (χ2v) is 10.8. The number of carbonyl (C=O) groups excluding carboxylic acids is 2. The molecule has 9 heteroatoms. The van der Waals surface area contributed by atoms with Gasteiger partial charge in [0.05, 0.1) is 17.7 Å². The number of nitrogens with two attached hydrogens (primary N) is 2. The Hall–Kier alpha value is -3.62. The smallest absolute Gasteiger partial charge is 0.254 e. The topological polar surface area (TPSA) is 142 Å². The second kappa shape index (κ2) is 9.20. The summed E-state index contributed by atoms with van der Waals surface area (Å²) in [5.41, 5.74) is 14.7. The van der Waals surface area contributed by atoms with E-state index in [2.05, 4.69) is 22.5 Å². The van der Waals surface area contributed by atoms with Crippen molar-refractivity contribution in [1.29, 1.82) is 0 Å². The van der Waals surface area contributed by atoms with Crippen molar-refractivity contribution in [1.82, 2.24) is 14.9 Å². The number of aromatic nitrogens is 3. The molecule has 0 saturated heterocycles. The minimum Gasteiger partial charge on any atom is -0.383 e. The molecule has 0 atom stereocenters. The van der Waals surface area contributed by atoms with Crippen molar-refractivity contribution in [2.75, 3.05) is 11.1 Å². The minimum atomic E-state index is -0.635. The molecule has 0 aliphatic heterocycles. The Labute approximate surface area is 205 Å². The first-order valence-electron chi connectivity index (χ1n) is 12.0. The molecular weight excluding hydrogens is 444 g/mol. The number of anilines is 2. The lowest BCUT2D eigenvalue weighted by Crippen LogP contribution is -2.25. The zero-order valence-electron chi connectivity index (χ0n) is 20.9. The summed E-state index contributed by atoms with van der Waals surface area (Å²) in [4.78, 5) is 24.6. The normalized spacial score (nSPS) is 15.0. The van der Waals surface area contributed by atoms with E-state index in [1.54, 1.807) is 22.9 Å². The van der Waals surface area contributed by atoms with E-state index in [0.29, 0.717) is 22.6 Å². The molecule has 0 bridgehead atoms. The average molecular weight is 479 g/mol. The molecule has 3 aromatic rings.